The van der Waals surface area contributed by atoms with Crippen LogP contribution in [0.5, 0.6) is 0 Å². The lowest BCUT2D eigenvalue weighted by Crippen LogP contribution is -2.33. The van der Waals surface area contributed by atoms with Gasteiger partial charge >= 0.3 is 6.72 Å². The highest BCUT2D eigenvalue weighted by Gasteiger charge is 2.26. The van der Waals surface area contributed by atoms with E-state index in [1.165, 1.54) is 0 Å². The molecule has 0 unspecified atom stereocenters. The third-order valence-corrected chi connectivity index (χ3v) is 1.79. The molecule has 6 nitrogen and oxygen atoms in total. The van der Waals surface area contributed by atoms with E-state index in [1.54, 1.807) is 0 Å². The van der Waals surface area contributed by atoms with Crippen molar-refractivity contribution in [2.75, 3.05) is 19.8 Å². The van der Waals surface area contributed by atoms with Crippen molar-refractivity contribution in [3.63, 3.8) is 0 Å². The number of hydrogen-bond donors (Lipinski definition) is 6. The lowest BCUT2D eigenvalue weighted by molar-refractivity contribution is -0.00101. The fraction of sp³-hybridized carbons (Fsp3) is 1.00. The number of rotatable bonds is 5. The number of aliphatic hydroxyl groups excluding tert-OH is 3. The molecule has 0 spiro atoms. The van der Waals surface area contributed by atoms with Gasteiger partial charge in [-0.1, -0.05) is 13.3 Å². The molecular weight excluding hydrogens is 243 g/mol. The van der Waals surface area contributed by atoms with Gasteiger partial charge < -0.3 is 30.0 Å². The van der Waals surface area contributed by atoms with Gasteiger partial charge in [-0.15, -0.1) is 0 Å². The molecule has 0 aliphatic carbocycles. The van der Waals surface area contributed by atoms with Crippen molar-refractivity contribution in [1.82, 2.24) is 0 Å². The van der Waals surface area contributed by atoms with Crippen molar-refractivity contribution < 1.29 is 30.0 Å². The van der Waals surface area contributed by atoms with Gasteiger partial charge in [0.1, 0.15) is 0 Å². The normalized spacial score (nSPS) is 11.9. The first-order valence-corrected chi connectivity index (χ1v) is 7.01. The summed E-state index contributed by atoms with van der Waals surface area (Å²) in [7, 11) is 0. The van der Waals surface area contributed by atoms with Crippen molar-refractivity contribution >= 4 is 18.5 Å². The third kappa shape index (κ3) is 12.3. The second-order valence-corrected chi connectivity index (χ2v) is 5.73. The summed E-state index contributed by atoms with van der Waals surface area (Å²) in [4.78, 5) is 22.7. The Bertz CT molecular complexity index is 173. The van der Waals surface area contributed by atoms with Crippen LogP contribution in [0.2, 0.25) is 0 Å². The van der Waals surface area contributed by atoms with Crippen molar-refractivity contribution in [3.05, 3.63) is 0 Å². The van der Waals surface area contributed by atoms with Crippen LogP contribution in [0.4, 0.5) is 0 Å². The van der Waals surface area contributed by atoms with E-state index in [9.17, 15) is 0 Å². The van der Waals surface area contributed by atoms with Crippen LogP contribution in [0.3, 0.4) is 0 Å². The van der Waals surface area contributed by atoms with E-state index >= 15 is 0 Å². The maximum atomic E-state index is 8.79. The monoisotopic (exact) mass is 262 g/mol. The molecule has 0 aliphatic heterocycles. The fourth-order valence-corrected chi connectivity index (χ4v) is 0.918. The molecule has 0 aromatic heterocycles. The van der Waals surface area contributed by atoms with Gasteiger partial charge in [-0.25, -0.2) is 0 Å². The Morgan fingerprint density at radius 3 is 1.33 bits per heavy atom. The first-order chi connectivity index (χ1) is 6.74. The summed E-state index contributed by atoms with van der Waals surface area (Å²) < 4.78 is 0. The van der Waals surface area contributed by atoms with Gasteiger partial charge in [-0.2, -0.15) is 0 Å². The van der Waals surface area contributed by atoms with Crippen molar-refractivity contribution in [1.29, 1.82) is 0 Å². The molecule has 0 atom stereocenters. The predicted octanol–water partition coefficient (Wildman–Crippen LogP) is -1.06. The quantitative estimate of drug-likeness (QED) is 0.349. The Labute approximate surface area is 94.1 Å². The van der Waals surface area contributed by atoms with Crippen LogP contribution in [-0.4, -0.2) is 49.8 Å². The molecular formula is C7H19O6PS. The first kappa shape index (κ1) is 17.8. The van der Waals surface area contributed by atoms with Crippen LogP contribution in [0.25, 0.3) is 0 Å². The van der Waals surface area contributed by atoms with Gasteiger partial charge in [0.15, 0.2) is 0 Å². The third-order valence-electron chi connectivity index (χ3n) is 1.79. The lowest BCUT2D eigenvalue weighted by Gasteiger charge is -2.26. The number of hydrogen-bond acceptors (Lipinski definition) is 4. The van der Waals surface area contributed by atoms with E-state index in [-0.39, 0.29) is 19.8 Å². The minimum Gasteiger partial charge on any atom is -0.396 e. The summed E-state index contributed by atoms with van der Waals surface area (Å²) in [6.07, 6.45) is 1.53. The maximum Gasteiger partial charge on any atom is 0.319 e. The van der Waals surface area contributed by atoms with E-state index < -0.39 is 12.1 Å². The van der Waals surface area contributed by atoms with Crippen LogP contribution in [0, 0.1) is 5.41 Å². The molecule has 8 heteroatoms. The second-order valence-electron chi connectivity index (χ2n) is 3.24. The lowest BCUT2D eigenvalue weighted by atomic mass is 9.86. The summed E-state index contributed by atoms with van der Waals surface area (Å²) >= 11 is 3.60. The summed E-state index contributed by atoms with van der Waals surface area (Å²) in [6.45, 7) is -2.29. The highest BCUT2D eigenvalue weighted by molar-refractivity contribution is 8.06. The van der Waals surface area contributed by atoms with Crippen molar-refractivity contribution in [3.8, 4) is 0 Å². The standard InChI is InChI=1S/C7H16O3.H3O3PS/c1-2-3-7(4-8,5-9)6-10;1-4(2,3)5/h8-10H,2-6H2,1H3;(H3,1,2,3,5). The largest absolute Gasteiger partial charge is 0.396 e. The van der Waals surface area contributed by atoms with E-state index in [0.29, 0.717) is 6.42 Å². The fourth-order valence-electron chi connectivity index (χ4n) is 0.918. The minimum atomic E-state index is -3.81. The van der Waals surface area contributed by atoms with Gasteiger partial charge in [0.25, 0.3) is 0 Å². The smallest absolute Gasteiger partial charge is 0.319 e. The Balaban J connectivity index is 0. The molecule has 6 N–H and O–H groups in total. The minimum absolute atomic E-state index is 0.145. The highest BCUT2D eigenvalue weighted by atomic mass is 32.5. The molecule has 0 amide bonds. The van der Waals surface area contributed by atoms with Crippen LogP contribution < -0.4 is 0 Å². The molecule has 0 rings (SSSR count). The Hall–Kier alpha value is 0.410. The Morgan fingerprint density at radius 2 is 1.27 bits per heavy atom. The zero-order chi connectivity index (χ0) is 12.5. The molecule has 0 heterocycles. The maximum absolute atomic E-state index is 8.79. The summed E-state index contributed by atoms with van der Waals surface area (Å²) in [6, 6.07) is 0. The first-order valence-electron chi connectivity index (χ1n) is 4.35. The molecule has 0 aromatic rings. The molecule has 0 aromatic carbocycles. The summed E-state index contributed by atoms with van der Waals surface area (Å²) in [5.74, 6) is 0. The average molecular weight is 262 g/mol. The highest BCUT2D eigenvalue weighted by Crippen LogP contribution is 2.26. The Morgan fingerprint density at radius 1 is 1.00 bits per heavy atom. The summed E-state index contributed by atoms with van der Waals surface area (Å²) in [5.41, 5.74) is -0.658. The van der Waals surface area contributed by atoms with Crippen molar-refractivity contribution in [2.24, 2.45) is 5.41 Å². The van der Waals surface area contributed by atoms with E-state index in [0.717, 1.165) is 6.42 Å². The van der Waals surface area contributed by atoms with Gasteiger partial charge in [0.2, 0.25) is 0 Å². The van der Waals surface area contributed by atoms with Gasteiger partial charge in [-0.3, -0.25) is 0 Å². The van der Waals surface area contributed by atoms with E-state index in [4.69, 9.17) is 30.0 Å². The average Bonchev–Trinajstić information content (AvgIpc) is 2.12. The number of aliphatic hydroxyl groups is 3. The van der Waals surface area contributed by atoms with Gasteiger partial charge in [0.05, 0.1) is 19.8 Å². The molecule has 0 radical (unpaired) electrons. The SMILES string of the molecule is CCCC(CO)(CO)CO.OP(O)(O)=S. The molecule has 0 aliphatic rings. The summed E-state index contributed by atoms with van der Waals surface area (Å²) in [5, 5.41) is 26.4. The van der Waals surface area contributed by atoms with Crippen LogP contribution in [0.1, 0.15) is 19.8 Å². The zero-order valence-corrected chi connectivity index (χ0v) is 10.3. The predicted molar refractivity (Wildman–Crippen MR) is 59.5 cm³/mol. The van der Waals surface area contributed by atoms with E-state index in [1.807, 2.05) is 6.92 Å². The zero-order valence-electron chi connectivity index (χ0n) is 8.57. The van der Waals surface area contributed by atoms with Crippen LogP contribution in [-0.2, 0) is 11.8 Å². The molecule has 0 saturated heterocycles. The van der Waals surface area contributed by atoms with Gasteiger partial charge in [-0.05, 0) is 18.2 Å². The molecule has 0 saturated carbocycles. The Kier molecular flexibility index (Phi) is 10.1. The molecule has 15 heavy (non-hydrogen) atoms. The van der Waals surface area contributed by atoms with Crippen LogP contribution in [0.15, 0.2) is 0 Å². The topological polar surface area (TPSA) is 121 Å². The molecule has 94 valence electrons. The molecule has 0 fully saturated rings. The van der Waals surface area contributed by atoms with Crippen LogP contribution >= 0.6 is 6.72 Å². The van der Waals surface area contributed by atoms with Crippen molar-refractivity contribution in [2.45, 2.75) is 19.8 Å². The van der Waals surface area contributed by atoms with E-state index in [2.05, 4.69) is 11.8 Å². The molecule has 0 bridgehead atoms. The van der Waals surface area contributed by atoms with Gasteiger partial charge in [0, 0.05) is 5.41 Å². The second kappa shape index (κ2) is 8.55.